The molecule has 0 aliphatic heterocycles. The van der Waals surface area contributed by atoms with Crippen molar-refractivity contribution in [2.45, 2.75) is 119 Å². The maximum absolute atomic E-state index is 12.7. The summed E-state index contributed by atoms with van der Waals surface area (Å²) in [7, 11) is 0. The van der Waals surface area contributed by atoms with Gasteiger partial charge >= 0.3 is 11.9 Å². The Morgan fingerprint density at radius 2 is 1.02 bits per heavy atom. The van der Waals surface area contributed by atoms with Gasteiger partial charge in [-0.15, -0.1) is 0 Å². The van der Waals surface area contributed by atoms with Gasteiger partial charge in [0.15, 0.2) is 5.78 Å². The van der Waals surface area contributed by atoms with E-state index in [-0.39, 0.29) is 29.8 Å². The Hall–Kier alpha value is -3.91. The number of rotatable bonds is 6. The number of para-hydroxylation sites is 2. The second-order valence-electron chi connectivity index (χ2n) is 14.3. The van der Waals surface area contributed by atoms with Crippen LogP contribution >= 0.6 is 0 Å². The summed E-state index contributed by atoms with van der Waals surface area (Å²) < 4.78 is 15.0. The number of hydrogen-bond donors (Lipinski definition) is 1. The second-order valence-corrected chi connectivity index (χ2v) is 14.3. The fourth-order valence-corrected chi connectivity index (χ4v) is 5.45. The number of hydrogen-bond acceptors (Lipinski definition) is 6. The first-order valence-electron chi connectivity index (χ1n) is 15.5. The van der Waals surface area contributed by atoms with Gasteiger partial charge < -0.3 is 23.7 Å². The van der Waals surface area contributed by atoms with E-state index in [4.69, 9.17) is 9.47 Å². The fourth-order valence-electron chi connectivity index (χ4n) is 5.45. The average Bonchev–Trinajstić information content (AvgIpc) is 3.35. The molecule has 244 valence electrons. The molecule has 2 unspecified atom stereocenters. The Morgan fingerprint density at radius 1 is 0.667 bits per heavy atom. The van der Waals surface area contributed by atoms with Crippen molar-refractivity contribution in [3.63, 3.8) is 0 Å². The molecular weight excluding hydrogens is 568 g/mol. The zero-order chi connectivity index (χ0) is 34.2. The number of ether oxygens (including phenoxy) is 2. The van der Waals surface area contributed by atoms with Gasteiger partial charge in [-0.25, -0.2) is 9.59 Å². The normalized spacial score (nSPS) is 13.6. The molecule has 8 nitrogen and oxygen atoms in total. The van der Waals surface area contributed by atoms with Crippen molar-refractivity contribution in [3.05, 3.63) is 71.0 Å². The minimum Gasteiger partial charge on any atom is -0.456 e. The minimum absolute atomic E-state index is 0.0552. The molecule has 0 aliphatic rings. The van der Waals surface area contributed by atoms with Gasteiger partial charge in [0.2, 0.25) is 0 Å². The Bertz CT molecular complexity index is 1720. The van der Waals surface area contributed by atoms with Crippen molar-refractivity contribution >= 4 is 39.5 Å². The number of benzene rings is 2. The van der Waals surface area contributed by atoms with Gasteiger partial charge in [0, 0.05) is 33.2 Å². The van der Waals surface area contributed by atoms with Gasteiger partial charge in [0.25, 0.3) is 0 Å². The van der Waals surface area contributed by atoms with Gasteiger partial charge in [-0.3, -0.25) is 4.79 Å². The molecule has 4 aromatic rings. The molecule has 8 heteroatoms. The van der Waals surface area contributed by atoms with Crippen LogP contribution in [0, 0.1) is 13.8 Å². The van der Waals surface area contributed by atoms with Crippen LogP contribution in [0.25, 0.3) is 21.8 Å². The number of fused-ring (bicyclic) bond motifs is 2. The smallest absolute Gasteiger partial charge is 0.341 e. The van der Waals surface area contributed by atoms with Crippen LogP contribution in [0.3, 0.4) is 0 Å². The lowest BCUT2D eigenvalue weighted by atomic mass is 10.0. The average molecular weight is 619 g/mol. The molecule has 4 rings (SSSR count). The first-order valence-corrected chi connectivity index (χ1v) is 15.5. The quantitative estimate of drug-likeness (QED) is 0.218. The molecular formula is C37H50N2O6. The fraction of sp³-hybridized carbons (Fsp3) is 0.486. The predicted octanol–water partition coefficient (Wildman–Crippen LogP) is 8.29. The summed E-state index contributed by atoms with van der Waals surface area (Å²) in [6.07, 6.45) is 0. The van der Waals surface area contributed by atoms with E-state index >= 15 is 0 Å². The third-order valence-electron chi connectivity index (χ3n) is 7.90. The molecule has 0 radical (unpaired) electrons. The lowest BCUT2D eigenvalue weighted by Gasteiger charge is -2.29. The van der Waals surface area contributed by atoms with Crippen LogP contribution in [0.5, 0.6) is 0 Å². The summed E-state index contributed by atoms with van der Waals surface area (Å²) in [6.45, 7) is 23.8. The summed E-state index contributed by atoms with van der Waals surface area (Å²) >= 11 is 0. The van der Waals surface area contributed by atoms with E-state index in [1.165, 1.54) is 0 Å². The molecule has 0 spiro atoms. The van der Waals surface area contributed by atoms with E-state index in [1.54, 1.807) is 20.8 Å². The van der Waals surface area contributed by atoms with Crippen LogP contribution in [0.15, 0.2) is 48.5 Å². The molecule has 0 bridgehead atoms. The molecule has 1 N–H and O–H groups in total. The first-order chi connectivity index (χ1) is 20.6. The van der Waals surface area contributed by atoms with Crippen molar-refractivity contribution in [2.24, 2.45) is 0 Å². The number of aliphatic hydroxyl groups is 1. The van der Waals surface area contributed by atoms with E-state index < -0.39 is 16.8 Å². The third-order valence-corrected chi connectivity index (χ3v) is 7.90. The SMILES string of the molecule is CC(=O)C(C)n1c(C)c(C(=O)OC(C)(C)C)c2ccccc21.Cc1c(C(=O)OC(C)(C)C)c2ccccc2n1C(C)C(C)(C)O. The molecule has 2 heterocycles. The van der Waals surface area contributed by atoms with E-state index in [0.717, 1.165) is 33.2 Å². The molecule has 0 amide bonds. The molecule has 2 atom stereocenters. The summed E-state index contributed by atoms with van der Waals surface area (Å²) in [4.78, 5) is 37.1. The number of nitrogens with zero attached hydrogens (tertiary/aromatic N) is 2. The molecule has 0 aliphatic carbocycles. The lowest BCUT2D eigenvalue weighted by Crippen LogP contribution is -2.31. The van der Waals surface area contributed by atoms with Crippen LogP contribution < -0.4 is 0 Å². The van der Waals surface area contributed by atoms with Crippen LogP contribution in [0.4, 0.5) is 0 Å². The number of carbonyl (C=O) groups excluding carboxylic acids is 3. The highest BCUT2D eigenvalue weighted by atomic mass is 16.6. The largest absolute Gasteiger partial charge is 0.456 e. The van der Waals surface area contributed by atoms with Crippen molar-refractivity contribution in [1.29, 1.82) is 0 Å². The number of esters is 2. The highest BCUT2D eigenvalue weighted by Crippen LogP contribution is 2.34. The Labute approximate surface area is 267 Å². The highest BCUT2D eigenvalue weighted by molar-refractivity contribution is 6.07. The third kappa shape index (κ3) is 7.85. The zero-order valence-corrected chi connectivity index (χ0v) is 29.2. The molecule has 45 heavy (non-hydrogen) atoms. The number of Topliss-reactive ketones (excluding diaryl/α,β-unsaturated/α-hetero) is 1. The number of carbonyl (C=O) groups is 3. The van der Waals surface area contributed by atoms with Gasteiger partial charge in [-0.1, -0.05) is 36.4 Å². The minimum atomic E-state index is -0.905. The van der Waals surface area contributed by atoms with Crippen LogP contribution in [0.2, 0.25) is 0 Å². The van der Waals surface area contributed by atoms with Crippen LogP contribution in [0.1, 0.15) is 120 Å². The summed E-state index contributed by atoms with van der Waals surface area (Å²) in [5, 5.41) is 12.1. The van der Waals surface area contributed by atoms with Crippen molar-refractivity contribution in [3.8, 4) is 0 Å². The maximum atomic E-state index is 12.7. The Balaban J connectivity index is 0.000000246. The van der Waals surface area contributed by atoms with Crippen molar-refractivity contribution in [1.82, 2.24) is 9.13 Å². The topological polar surface area (TPSA) is 99.8 Å². The molecule has 0 saturated carbocycles. The number of ketones is 1. The number of aromatic nitrogens is 2. The summed E-state index contributed by atoms with van der Waals surface area (Å²) in [5.74, 6) is -0.622. The van der Waals surface area contributed by atoms with Crippen LogP contribution in [-0.4, -0.2) is 48.8 Å². The monoisotopic (exact) mass is 618 g/mol. The lowest BCUT2D eigenvalue weighted by molar-refractivity contribution is -0.119. The predicted molar refractivity (Wildman–Crippen MR) is 180 cm³/mol. The maximum Gasteiger partial charge on any atom is 0.341 e. The zero-order valence-electron chi connectivity index (χ0n) is 29.2. The van der Waals surface area contributed by atoms with Crippen molar-refractivity contribution in [2.75, 3.05) is 0 Å². The Morgan fingerprint density at radius 3 is 1.38 bits per heavy atom. The summed E-state index contributed by atoms with van der Waals surface area (Å²) in [5.41, 5.74) is 2.49. The highest BCUT2D eigenvalue weighted by Gasteiger charge is 2.31. The van der Waals surface area contributed by atoms with E-state index in [9.17, 15) is 19.5 Å². The first kappa shape index (κ1) is 35.6. The second kappa shape index (κ2) is 12.8. The molecule has 0 fully saturated rings. The van der Waals surface area contributed by atoms with E-state index in [0.29, 0.717) is 11.1 Å². The van der Waals surface area contributed by atoms with Crippen molar-refractivity contribution < 1.29 is 29.0 Å². The van der Waals surface area contributed by atoms with Gasteiger partial charge in [-0.05, 0) is 102 Å². The molecule has 2 aromatic carbocycles. The van der Waals surface area contributed by atoms with Gasteiger partial charge in [-0.2, -0.15) is 0 Å². The van der Waals surface area contributed by atoms with Crippen LogP contribution in [-0.2, 0) is 14.3 Å². The molecule has 2 aromatic heterocycles. The van der Waals surface area contributed by atoms with E-state index in [2.05, 4.69) is 0 Å². The molecule has 0 saturated heterocycles. The van der Waals surface area contributed by atoms with Gasteiger partial charge in [0.1, 0.15) is 11.2 Å². The van der Waals surface area contributed by atoms with E-state index in [1.807, 2.05) is 127 Å². The standard InChI is InChI=1S/C19H27NO3.C18H23NO3/c1-12-16(17(21)23-18(3,4)5)14-10-8-9-11-15(14)20(12)13(2)19(6,7)22;1-11(13(3)20)19-12(2)16(17(21)22-18(4,5)6)14-9-7-8-10-15(14)19/h8-11,13,22H,1-7H3;7-11H,1-6H3. The summed E-state index contributed by atoms with van der Waals surface area (Å²) in [6, 6.07) is 14.9. The van der Waals surface area contributed by atoms with Gasteiger partial charge in [0.05, 0.1) is 28.8 Å². The Kier molecular flexibility index (Phi) is 10.1.